The van der Waals surface area contributed by atoms with Gasteiger partial charge in [-0.2, -0.15) is 5.10 Å². The maximum absolute atomic E-state index is 13.7. The molecular weight excluding hydrogens is 520 g/mol. The Labute approximate surface area is 241 Å². The third-order valence-electron chi connectivity index (χ3n) is 8.97. The number of carbonyl (C=O) groups is 3. The van der Waals surface area contributed by atoms with Gasteiger partial charge in [0.15, 0.2) is 0 Å². The third kappa shape index (κ3) is 7.05. The van der Waals surface area contributed by atoms with E-state index in [-0.39, 0.29) is 36.2 Å². The Kier molecular flexibility index (Phi) is 9.19. The van der Waals surface area contributed by atoms with E-state index in [2.05, 4.69) is 38.1 Å². The van der Waals surface area contributed by atoms with Crippen LogP contribution in [0.25, 0.3) is 0 Å². The monoisotopic (exact) mass is 562 g/mol. The summed E-state index contributed by atoms with van der Waals surface area (Å²) in [6.07, 6.45) is 9.77. The first kappa shape index (κ1) is 29.0. The lowest BCUT2D eigenvalue weighted by atomic mass is 9.75. The minimum absolute atomic E-state index is 0.0429. The zero-order valence-electron chi connectivity index (χ0n) is 24.1. The summed E-state index contributed by atoms with van der Waals surface area (Å²) in [5.41, 5.74) is 2.05. The van der Waals surface area contributed by atoms with Gasteiger partial charge in [0.2, 0.25) is 17.7 Å². The van der Waals surface area contributed by atoms with Crippen LogP contribution >= 0.6 is 0 Å². The number of hydrogen-bond donors (Lipinski definition) is 3. The number of piperidine rings is 1. The van der Waals surface area contributed by atoms with Crippen molar-refractivity contribution >= 4 is 23.4 Å². The highest BCUT2D eigenvalue weighted by atomic mass is 16.5. The van der Waals surface area contributed by atoms with Crippen molar-refractivity contribution in [3.8, 4) is 0 Å². The van der Waals surface area contributed by atoms with Gasteiger partial charge in [0, 0.05) is 45.8 Å². The van der Waals surface area contributed by atoms with Crippen LogP contribution in [0.15, 0.2) is 48.7 Å². The molecule has 3 atom stereocenters. The summed E-state index contributed by atoms with van der Waals surface area (Å²) in [5.74, 6) is -0.139. The molecule has 0 unspecified atom stereocenters. The van der Waals surface area contributed by atoms with Crippen LogP contribution in [0, 0.1) is 18.3 Å². The Morgan fingerprint density at radius 2 is 1.93 bits per heavy atom. The molecule has 0 bridgehead atoms. The summed E-state index contributed by atoms with van der Waals surface area (Å²) in [5, 5.41) is 13.6. The molecule has 0 saturated carbocycles. The fraction of sp³-hybridized carbons (Fsp3) is 0.548. The van der Waals surface area contributed by atoms with Crippen LogP contribution in [0.5, 0.6) is 0 Å². The lowest BCUT2D eigenvalue weighted by Crippen LogP contribution is -2.58. The maximum Gasteiger partial charge on any atom is 0.243 e. The predicted octanol–water partition coefficient (Wildman–Crippen LogP) is 2.35. The largest absolute Gasteiger partial charge is 0.381 e. The van der Waals surface area contributed by atoms with Gasteiger partial charge in [-0.15, -0.1) is 0 Å². The average Bonchev–Trinajstić information content (AvgIpc) is 3.28. The summed E-state index contributed by atoms with van der Waals surface area (Å²) >= 11 is 0. The number of allylic oxidation sites excluding steroid dienone is 2. The molecule has 3 aliphatic heterocycles. The van der Waals surface area contributed by atoms with Crippen LogP contribution in [0.2, 0.25) is 0 Å². The summed E-state index contributed by atoms with van der Waals surface area (Å²) in [4.78, 5) is 42.5. The highest BCUT2D eigenvalue weighted by Crippen LogP contribution is 2.36. The van der Waals surface area contributed by atoms with E-state index in [1.807, 2.05) is 44.3 Å². The number of aromatic nitrogens is 2. The molecule has 0 radical (unpaired) electrons. The molecule has 2 saturated heterocycles. The Morgan fingerprint density at radius 3 is 2.66 bits per heavy atom. The van der Waals surface area contributed by atoms with E-state index < -0.39 is 11.5 Å². The van der Waals surface area contributed by atoms with Gasteiger partial charge in [-0.3, -0.25) is 24.0 Å². The zero-order valence-corrected chi connectivity index (χ0v) is 24.1. The van der Waals surface area contributed by atoms with Crippen LogP contribution in [-0.2, 0) is 32.6 Å². The molecule has 1 spiro atoms. The van der Waals surface area contributed by atoms with E-state index in [1.165, 1.54) is 0 Å². The molecule has 220 valence electrons. The number of anilines is 1. The normalized spacial score (nSPS) is 25.4. The highest BCUT2D eigenvalue weighted by molar-refractivity contribution is 5.93. The minimum atomic E-state index is -0.666. The number of rotatable bonds is 5. The molecule has 10 nitrogen and oxygen atoms in total. The Hall–Kier alpha value is -3.50. The van der Waals surface area contributed by atoms with Crippen LogP contribution in [0.1, 0.15) is 43.4 Å². The highest BCUT2D eigenvalue weighted by Gasteiger charge is 2.41. The molecule has 10 heteroatoms. The first-order valence-corrected chi connectivity index (χ1v) is 14.7. The zero-order chi connectivity index (χ0) is 28.8. The number of amides is 3. The van der Waals surface area contributed by atoms with E-state index in [0.29, 0.717) is 52.0 Å². The average molecular weight is 563 g/mol. The molecule has 4 heterocycles. The molecule has 1 aromatic heterocycles. The molecule has 3 aliphatic rings. The van der Waals surface area contributed by atoms with Gasteiger partial charge in [-0.25, -0.2) is 0 Å². The summed E-state index contributed by atoms with van der Waals surface area (Å²) < 4.78 is 7.33. The van der Waals surface area contributed by atoms with Crippen molar-refractivity contribution in [1.29, 1.82) is 0 Å². The molecule has 3 N–H and O–H groups in total. The van der Waals surface area contributed by atoms with Crippen molar-refractivity contribution in [2.75, 3.05) is 38.2 Å². The second kappa shape index (κ2) is 13.0. The predicted molar refractivity (Wildman–Crippen MR) is 156 cm³/mol. The Bertz CT molecular complexity index is 1250. The van der Waals surface area contributed by atoms with Gasteiger partial charge < -0.3 is 20.7 Å². The second-order valence-electron chi connectivity index (χ2n) is 11.7. The summed E-state index contributed by atoms with van der Waals surface area (Å²) in [7, 11) is 1.85. The Balaban J connectivity index is 1.32. The van der Waals surface area contributed by atoms with Crippen molar-refractivity contribution in [3.63, 3.8) is 0 Å². The first-order chi connectivity index (χ1) is 19.8. The van der Waals surface area contributed by atoms with Gasteiger partial charge in [0.05, 0.1) is 29.5 Å². The number of hydrogen-bond acceptors (Lipinski definition) is 6. The van der Waals surface area contributed by atoms with Crippen molar-refractivity contribution in [2.45, 2.75) is 57.5 Å². The number of ether oxygens (including phenoxy) is 1. The van der Waals surface area contributed by atoms with E-state index in [4.69, 9.17) is 4.74 Å². The molecule has 2 fully saturated rings. The molecule has 5 rings (SSSR count). The topological polar surface area (TPSA) is 118 Å². The quantitative estimate of drug-likeness (QED) is 0.482. The van der Waals surface area contributed by atoms with Crippen LogP contribution in [-0.4, -0.2) is 77.3 Å². The van der Waals surface area contributed by atoms with Crippen LogP contribution in [0.4, 0.5) is 5.69 Å². The standard InChI is InChI=1S/C31H42N6O4/c1-22-27(19-32-36(22)2)33-28(38)21-37-15-11-25-24(20-37)10-6-7-12-31(13-16-41-17-14-31)30(40)35-26(29(39)34-25)18-23-8-4-3-5-9-23/h3-9,19,24-26H,10-18,20-21H2,1-2H3,(H,33,38)(H,34,39)(H,35,40)/t24-,25+,26-/m0/s1. The fourth-order valence-electron chi connectivity index (χ4n) is 6.21. The Morgan fingerprint density at radius 1 is 1.15 bits per heavy atom. The number of likely N-dealkylation sites (tertiary alicyclic amines) is 1. The van der Waals surface area contributed by atoms with Gasteiger partial charge >= 0.3 is 0 Å². The fourth-order valence-corrected chi connectivity index (χ4v) is 6.21. The molecule has 41 heavy (non-hydrogen) atoms. The van der Waals surface area contributed by atoms with Gasteiger partial charge in [0.1, 0.15) is 6.04 Å². The second-order valence-corrected chi connectivity index (χ2v) is 11.7. The molecule has 3 amide bonds. The van der Waals surface area contributed by atoms with Gasteiger partial charge in [-0.1, -0.05) is 42.5 Å². The van der Waals surface area contributed by atoms with Crippen LogP contribution in [0.3, 0.4) is 0 Å². The maximum atomic E-state index is 13.7. The van der Waals surface area contributed by atoms with Crippen molar-refractivity contribution < 1.29 is 19.1 Å². The van der Waals surface area contributed by atoms with E-state index in [0.717, 1.165) is 29.8 Å². The van der Waals surface area contributed by atoms with Gasteiger partial charge in [-0.05, 0) is 50.5 Å². The molecule has 1 aromatic carbocycles. The first-order valence-electron chi connectivity index (χ1n) is 14.7. The van der Waals surface area contributed by atoms with Crippen LogP contribution < -0.4 is 16.0 Å². The van der Waals surface area contributed by atoms with Gasteiger partial charge in [0.25, 0.3) is 0 Å². The third-order valence-corrected chi connectivity index (χ3v) is 8.97. The smallest absolute Gasteiger partial charge is 0.243 e. The molecule has 2 aromatic rings. The molecular formula is C31H42N6O4. The number of benzene rings is 1. The lowest BCUT2D eigenvalue weighted by molar-refractivity contribution is -0.140. The van der Waals surface area contributed by atoms with Crippen molar-refractivity contribution in [1.82, 2.24) is 25.3 Å². The van der Waals surface area contributed by atoms with E-state index in [9.17, 15) is 14.4 Å². The number of carbonyl (C=O) groups excluding carboxylic acids is 3. The number of nitrogens with zero attached hydrogens (tertiary/aromatic N) is 3. The summed E-state index contributed by atoms with van der Waals surface area (Å²) in [6.45, 7) is 4.68. The minimum Gasteiger partial charge on any atom is -0.381 e. The lowest BCUT2D eigenvalue weighted by Gasteiger charge is -2.40. The number of nitrogens with one attached hydrogen (secondary N) is 3. The summed E-state index contributed by atoms with van der Waals surface area (Å²) in [6, 6.07) is 9.12. The molecule has 0 aliphatic carbocycles. The number of fused-ring (bicyclic) bond motifs is 1. The van der Waals surface area contributed by atoms with Crippen molar-refractivity contribution in [3.05, 3.63) is 59.9 Å². The SMILES string of the molecule is Cc1c(NC(=O)CN2CC[C@H]3NC(=O)[C@H](Cc4ccccc4)NC(=O)C4(CC=CC[C@H]3C2)CCOCC4)cnn1C. The van der Waals surface area contributed by atoms with Crippen molar-refractivity contribution in [2.24, 2.45) is 18.4 Å². The van der Waals surface area contributed by atoms with E-state index >= 15 is 0 Å². The number of aryl methyl sites for hydroxylation is 1. The van der Waals surface area contributed by atoms with E-state index in [1.54, 1.807) is 10.9 Å².